The zero-order chi connectivity index (χ0) is 12.7. The Labute approximate surface area is 111 Å². The van der Waals surface area contributed by atoms with Crippen LogP contribution in [0.5, 0.6) is 0 Å². The normalized spacial score (nSPS) is 26.6. The maximum atomic E-state index is 6.02. The molecule has 0 aromatic carbocycles. The second-order valence-electron chi connectivity index (χ2n) is 5.09. The summed E-state index contributed by atoms with van der Waals surface area (Å²) < 4.78 is 6.02. The van der Waals surface area contributed by atoms with E-state index in [1.807, 2.05) is 18.8 Å². The Hall–Kier alpha value is 0.230. The fourth-order valence-corrected chi connectivity index (χ4v) is 2.88. The van der Waals surface area contributed by atoms with Gasteiger partial charge in [0.1, 0.15) is 0 Å². The van der Waals surface area contributed by atoms with E-state index in [0.717, 1.165) is 13.1 Å². The van der Waals surface area contributed by atoms with Gasteiger partial charge in [-0.15, -0.1) is 0 Å². The highest BCUT2D eigenvalue weighted by Crippen LogP contribution is 2.20. The molecule has 0 bridgehead atoms. The van der Waals surface area contributed by atoms with Crippen molar-refractivity contribution in [1.82, 2.24) is 10.2 Å². The lowest BCUT2D eigenvalue weighted by Crippen LogP contribution is -2.36. The molecule has 0 aliphatic carbocycles. The zero-order valence-electron chi connectivity index (χ0n) is 11.7. The topological polar surface area (TPSA) is 24.5 Å². The van der Waals surface area contributed by atoms with Crippen LogP contribution in [0.3, 0.4) is 0 Å². The van der Waals surface area contributed by atoms with Gasteiger partial charge in [-0.2, -0.15) is 11.8 Å². The second kappa shape index (κ2) is 8.35. The predicted octanol–water partition coefficient (Wildman–Crippen LogP) is 1.83. The Kier molecular flexibility index (Phi) is 7.51. The molecule has 0 radical (unpaired) electrons. The highest BCUT2D eigenvalue weighted by atomic mass is 32.2. The van der Waals surface area contributed by atoms with Gasteiger partial charge in [0.05, 0.1) is 12.2 Å². The van der Waals surface area contributed by atoms with Gasteiger partial charge in [0.25, 0.3) is 0 Å². The van der Waals surface area contributed by atoms with Crippen LogP contribution in [0.15, 0.2) is 0 Å². The SMILES string of the molecule is CNCC1CCC(CN(C)C(C)CCSC)O1. The summed E-state index contributed by atoms with van der Waals surface area (Å²) in [7, 11) is 4.22. The van der Waals surface area contributed by atoms with Gasteiger partial charge in [-0.1, -0.05) is 0 Å². The molecule has 0 aromatic rings. The van der Waals surface area contributed by atoms with Crippen molar-refractivity contribution >= 4 is 11.8 Å². The quantitative estimate of drug-likeness (QED) is 0.719. The van der Waals surface area contributed by atoms with E-state index in [-0.39, 0.29) is 0 Å². The first-order valence-electron chi connectivity index (χ1n) is 6.66. The molecule has 0 amide bonds. The van der Waals surface area contributed by atoms with Crippen molar-refractivity contribution in [3.8, 4) is 0 Å². The zero-order valence-corrected chi connectivity index (χ0v) is 12.6. The molecule has 17 heavy (non-hydrogen) atoms. The van der Waals surface area contributed by atoms with Crippen LogP contribution in [0.2, 0.25) is 0 Å². The number of rotatable bonds is 8. The number of hydrogen-bond acceptors (Lipinski definition) is 4. The molecule has 3 atom stereocenters. The van der Waals surface area contributed by atoms with Gasteiger partial charge in [0.2, 0.25) is 0 Å². The van der Waals surface area contributed by atoms with E-state index in [1.54, 1.807) is 0 Å². The van der Waals surface area contributed by atoms with Gasteiger partial charge in [-0.05, 0) is 52.3 Å². The number of ether oxygens (including phenoxy) is 1. The third-order valence-corrected chi connectivity index (χ3v) is 4.26. The van der Waals surface area contributed by atoms with Crippen molar-refractivity contribution in [2.45, 2.75) is 44.4 Å². The van der Waals surface area contributed by atoms with Crippen LogP contribution in [0.1, 0.15) is 26.2 Å². The first-order valence-corrected chi connectivity index (χ1v) is 8.06. The average molecular weight is 260 g/mol. The van der Waals surface area contributed by atoms with Gasteiger partial charge < -0.3 is 15.0 Å². The van der Waals surface area contributed by atoms with Crippen LogP contribution in [-0.4, -0.2) is 62.3 Å². The lowest BCUT2D eigenvalue weighted by Gasteiger charge is -2.27. The maximum Gasteiger partial charge on any atom is 0.0707 e. The molecular formula is C13H28N2OS. The maximum absolute atomic E-state index is 6.02. The van der Waals surface area contributed by atoms with Gasteiger partial charge in [-0.3, -0.25) is 0 Å². The molecule has 1 fully saturated rings. The van der Waals surface area contributed by atoms with Gasteiger partial charge >= 0.3 is 0 Å². The number of nitrogens with zero attached hydrogens (tertiary/aromatic N) is 1. The summed E-state index contributed by atoms with van der Waals surface area (Å²) in [6.45, 7) is 4.38. The fourth-order valence-electron chi connectivity index (χ4n) is 2.30. The summed E-state index contributed by atoms with van der Waals surface area (Å²) in [6, 6.07) is 0.661. The highest BCUT2D eigenvalue weighted by molar-refractivity contribution is 7.98. The molecule has 1 aliphatic heterocycles. The lowest BCUT2D eigenvalue weighted by atomic mass is 10.1. The number of likely N-dealkylation sites (N-methyl/N-ethyl adjacent to an activating group) is 2. The first-order chi connectivity index (χ1) is 8.17. The molecular weight excluding hydrogens is 232 g/mol. The number of thioether (sulfide) groups is 1. The molecule has 1 N–H and O–H groups in total. The monoisotopic (exact) mass is 260 g/mol. The molecule has 1 saturated heterocycles. The molecule has 1 heterocycles. The second-order valence-corrected chi connectivity index (χ2v) is 6.07. The molecule has 1 rings (SSSR count). The number of nitrogens with one attached hydrogen (secondary N) is 1. The Morgan fingerprint density at radius 1 is 1.41 bits per heavy atom. The standard InChI is InChI=1S/C13H28N2OS/c1-11(7-8-17-4)15(3)10-13-6-5-12(16-13)9-14-2/h11-14H,5-10H2,1-4H3. The average Bonchev–Trinajstić information content (AvgIpc) is 2.74. The third-order valence-electron chi connectivity index (χ3n) is 3.61. The van der Waals surface area contributed by atoms with Crippen LogP contribution in [0, 0.1) is 0 Å². The van der Waals surface area contributed by atoms with Crippen molar-refractivity contribution in [2.75, 3.05) is 39.2 Å². The van der Waals surface area contributed by atoms with Gasteiger partial charge in [-0.25, -0.2) is 0 Å². The van der Waals surface area contributed by atoms with E-state index in [9.17, 15) is 0 Å². The van der Waals surface area contributed by atoms with Crippen molar-refractivity contribution in [3.63, 3.8) is 0 Å². The van der Waals surface area contributed by atoms with Crippen molar-refractivity contribution in [3.05, 3.63) is 0 Å². The van der Waals surface area contributed by atoms with Gasteiger partial charge in [0, 0.05) is 19.1 Å². The van der Waals surface area contributed by atoms with E-state index < -0.39 is 0 Å². The summed E-state index contributed by atoms with van der Waals surface area (Å²) >= 11 is 1.93. The number of hydrogen-bond donors (Lipinski definition) is 1. The van der Waals surface area contributed by atoms with E-state index in [4.69, 9.17) is 4.74 Å². The van der Waals surface area contributed by atoms with Crippen LogP contribution in [0.25, 0.3) is 0 Å². The molecule has 3 nitrogen and oxygen atoms in total. The Bertz CT molecular complexity index is 204. The summed E-state index contributed by atoms with van der Waals surface area (Å²) in [5.41, 5.74) is 0. The lowest BCUT2D eigenvalue weighted by molar-refractivity contribution is 0.0225. The molecule has 0 saturated carbocycles. The van der Waals surface area contributed by atoms with E-state index in [2.05, 4.69) is 30.4 Å². The van der Waals surface area contributed by atoms with E-state index in [1.165, 1.54) is 25.0 Å². The summed E-state index contributed by atoms with van der Waals surface area (Å²) in [6.07, 6.45) is 6.74. The molecule has 4 heteroatoms. The van der Waals surface area contributed by atoms with Crippen LogP contribution < -0.4 is 5.32 Å². The molecule has 3 unspecified atom stereocenters. The first kappa shape index (κ1) is 15.3. The molecule has 102 valence electrons. The fraction of sp³-hybridized carbons (Fsp3) is 1.00. The largest absolute Gasteiger partial charge is 0.372 e. The Morgan fingerprint density at radius 2 is 2.12 bits per heavy atom. The Balaban J connectivity index is 2.20. The van der Waals surface area contributed by atoms with E-state index >= 15 is 0 Å². The summed E-state index contributed by atoms with van der Waals surface area (Å²) in [5.74, 6) is 1.25. The third kappa shape index (κ3) is 5.60. The Morgan fingerprint density at radius 3 is 2.76 bits per heavy atom. The molecule has 0 aromatic heterocycles. The summed E-state index contributed by atoms with van der Waals surface area (Å²) in [4.78, 5) is 2.45. The van der Waals surface area contributed by atoms with Crippen molar-refractivity contribution in [2.24, 2.45) is 0 Å². The van der Waals surface area contributed by atoms with Gasteiger partial charge in [0.15, 0.2) is 0 Å². The van der Waals surface area contributed by atoms with E-state index in [0.29, 0.717) is 18.2 Å². The highest BCUT2D eigenvalue weighted by Gasteiger charge is 2.26. The molecule has 0 spiro atoms. The molecule has 1 aliphatic rings. The van der Waals surface area contributed by atoms with Crippen LogP contribution in [0.4, 0.5) is 0 Å². The predicted molar refractivity (Wildman–Crippen MR) is 76.9 cm³/mol. The van der Waals surface area contributed by atoms with Crippen molar-refractivity contribution in [1.29, 1.82) is 0 Å². The smallest absolute Gasteiger partial charge is 0.0707 e. The minimum absolute atomic E-state index is 0.430. The van der Waals surface area contributed by atoms with Crippen LogP contribution in [-0.2, 0) is 4.74 Å². The summed E-state index contributed by atoms with van der Waals surface area (Å²) in [5, 5.41) is 3.19. The van der Waals surface area contributed by atoms with Crippen LogP contribution >= 0.6 is 11.8 Å². The minimum atomic E-state index is 0.430. The minimum Gasteiger partial charge on any atom is -0.372 e. The van der Waals surface area contributed by atoms with Crippen molar-refractivity contribution < 1.29 is 4.74 Å².